The van der Waals surface area contributed by atoms with Crippen molar-refractivity contribution in [1.29, 1.82) is 0 Å². The molecule has 4 heavy (non-hydrogen) atoms. The summed E-state index contributed by atoms with van der Waals surface area (Å²) in [6, 6.07) is 0. The predicted octanol–water partition coefficient (Wildman–Crippen LogP) is 0.708. The Hall–Kier alpha value is 0.248. The summed E-state index contributed by atoms with van der Waals surface area (Å²) in [6.45, 7) is 0. The molecule has 0 aliphatic heterocycles. The molecule has 26 valence electrons. The van der Waals surface area contributed by atoms with E-state index in [1.54, 1.807) is 0 Å². The van der Waals surface area contributed by atoms with E-state index in [1.807, 2.05) is 0 Å². The minimum absolute atomic E-state index is 0.131. The summed E-state index contributed by atoms with van der Waals surface area (Å²) in [5.74, 6) is 0. The third-order valence-corrected chi connectivity index (χ3v) is 0.747. The summed E-state index contributed by atoms with van der Waals surface area (Å²) in [5.41, 5.74) is 0. The van der Waals surface area contributed by atoms with Gasteiger partial charge in [0, 0.05) is 0 Å². The van der Waals surface area contributed by atoms with E-state index in [0.29, 0.717) is 0 Å². The van der Waals surface area contributed by atoms with Gasteiger partial charge in [-0.2, -0.15) is 0 Å². The fourth-order valence-electron chi connectivity index (χ4n) is 0. The van der Waals surface area contributed by atoms with Crippen LogP contribution in [-0.4, -0.2) is 0 Å². The molecule has 0 saturated carbocycles. The molecule has 1 heteroatoms. The van der Waals surface area contributed by atoms with Gasteiger partial charge in [0.2, 0.25) is 0 Å². The third-order valence-electron chi connectivity index (χ3n) is 0.0913. The molecule has 0 radical (unpaired) electrons. The van der Waals surface area contributed by atoms with Crippen LogP contribution in [0.3, 0.4) is 0 Å². The Bertz CT molecular complexity index is 33.0. The van der Waals surface area contributed by atoms with Crippen LogP contribution >= 0.6 is 0 Å². The zero-order valence-corrected chi connectivity index (χ0v) is 4.67. The average Bonchev–Trinajstić information content (AvgIpc) is 1.37. The third kappa shape index (κ3) is 2.25. The molecule has 0 fully saturated rings. The summed E-state index contributed by atoms with van der Waals surface area (Å²) in [6.07, 6.45) is 4.83. The van der Waals surface area contributed by atoms with Crippen molar-refractivity contribution in [2.45, 2.75) is 5.31 Å². The SMILES string of the molecule is C#[C][Pt][CH3]. The van der Waals surface area contributed by atoms with Crippen molar-refractivity contribution >= 4 is 0 Å². The van der Waals surface area contributed by atoms with E-state index in [9.17, 15) is 0 Å². The molecule has 0 aliphatic carbocycles. The first-order valence-electron chi connectivity index (χ1n) is 0.763. The Morgan fingerprint density at radius 2 is 2.25 bits per heavy atom. The van der Waals surface area contributed by atoms with E-state index in [1.165, 1.54) is 0 Å². The molecule has 0 aliphatic rings. The van der Waals surface area contributed by atoms with Crippen LogP contribution in [0, 0.1) is 10.7 Å². The number of rotatable bonds is 0. The fourth-order valence-corrected chi connectivity index (χ4v) is 0. The van der Waals surface area contributed by atoms with Gasteiger partial charge >= 0.3 is 34.6 Å². The summed E-state index contributed by atoms with van der Waals surface area (Å²) < 4.78 is 2.54. The van der Waals surface area contributed by atoms with E-state index in [4.69, 9.17) is 6.42 Å². The van der Waals surface area contributed by atoms with Gasteiger partial charge in [-0.05, 0) is 0 Å². The normalized spacial score (nSPS) is 6.00. The maximum atomic E-state index is 4.83. The first-order chi connectivity index (χ1) is 1.91. The van der Waals surface area contributed by atoms with Crippen molar-refractivity contribution < 1.29 is 18.6 Å². The van der Waals surface area contributed by atoms with Crippen molar-refractivity contribution in [3.8, 4) is 10.7 Å². The zero-order valence-electron chi connectivity index (χ0n) is 2.39. The molecule has 0 unspecified atom stereocenters. The summed E-state index contributed by atoms with van der Waals surface area (Å²) in [5, 5.41) is 2.06. The molecule has 0 spiro atoms. The summed E-state index contributed by atoms with van der Waals surface area (Å²) >= 11 is 0.131. The second kappa shape index (κ2) is 3.25. The van der Waals surface area contributed by atoms with Gasteiger partial charge in [0.1, 0.15) is 0 Å². The van der Waals surface area contributed by atoms with Crippen LogP contribution in [0.25, 0.3) is 0 Å². The van der Waals surface area contributed by atoms with Crippen LogP contribution < -0.4 is 0 Å². The number of terminal acetylenes is 1. The molecule has 0 aromatic rings. The average molecular weight is 235 g/mol. The van der Waals surface area contributed by atoms with Gasteiger partial charge in [0.15, 0.2) is 0 Å². The quantitative estimate of drug-likeness (QED) is 0.542. The van der Waals surface area contributed by atoms with Gasteiger partial charge in [0.05, 0.1) is 0 Å². The Morgan fingerprint density at radius 3 is 2.25 bits per heavy atom. The number of hydrogen-bond acceptors (Lipinski definition) is 0. The van der Waals surface area contributed by atoms with Crippen LogP contribution in [-0.2, 0) is 18.6 Å². The van der Waals surface area contributed by atoms with Gasteiger partial charge in [-0.25, -0.2) is 0 Å². The molecular formula is C3H4Pt. The van der Waals surface area contributed by atoms with E-state index in [-0.39, 0.29) is 18.6 Å². The predicted molar refractivity (Wildman–Crippen MR) is 14.7 cm³/mol. The monoisotopic (exact) mass is 235 g/mol. The van der Waals surface area contributed by atoms with Crippen LogP contribution in [0.2, 0.25) is 5.31 Å². The Balaban J connectivity index is 2.43. The van der Waals surface area contributed by atoms with Crippen molar-refractivity contribution in [2.75, 3.05) is 0 Å². The van der Waals surface area contributed by atoms with Gasteiger partial charge < -0.3 is 0 Å². The van der Waals surface area contributed by atoms with E-state index in [2.05, 4.69) is 9.62 Å². The fraction of sp³-hybridized carbons (Fsp3) is 0.333. The maximum absolute atomic E-state index is 4.83. The molecule has 0 atom stereocenters. The second-order valence-electron chi connectivity index (χ2n) is 0.249. The molecule has 0 heterocycles. The Labute approximate surface area is 35.1 Å². The molecule has 0 amide bonds. The Kier molecular flexibility index (Phi) is 3.45. The first-order valence-corrected chi connectivity index (χ1v) is 4.17. The van der Waals surface area contributed by atoms with Crippen molar-refractivity contribution in [2.24, 2.45) is 0 Å². The van der Waals surface area contributed by atoms with Crippen molar-refractivity contribution in [3.05, 3.63) is 0 Å². The standard InChI is InChI=1S/C2H.CH3.Pt/c1-2;;/h1H;1H3;. The van der Waals surface area contributed by atoms with Crippen molar-refractivity contribution in [1.82, 2.24) is 0 Å². The van der Waals surface area contributed by atoms with Crippen LogP contribution in [0.4, 0.5) is 0 Å². The van der Waals surface area contributed by atoms with Crippen molar-refractivity contribution in [3.63, 3.8) is 0 Å². The zero-order chi connectivity index (χ0) is 3.41. The van der Waals surface area contributed by atoms with E-state index < -0.39 is 0 Å². The van der Waals surface area contributed by atoms with Crippen LogP contribution in [0.1, 0.15) is 0 Å². The molecular weight excluding hydrogens is 231 g/mol. The van der Waals surface area contributed by atoms with Crippen LogP contribution in [0.15, 0.2) is 0 Å². The molecule has 0 aromatic heterocycles. The second-order valence-corrected chi connectivity index (χ2v) is 2.04. The Morgan fingerprint density at radius 1 is 2.00 bits per heavy atom. The molecule has 0 aromatic carbocycles. The molecule has 0 nitrogen and oxygen atoms in total. The molecule has 0 saturated heterocycles. The van der Waals surface area contributed by atoms with E-state index in [0.717, 1.165) is 0 Å². The summed E-state index contributed by atoms with van der Waals surface area (Å²) in [7, 11) is 0. The molecule has 0 rings (SSSR count). The first kappa shape index (κ1) is 4.25. The van der Waals surface area contributed by atoms with E-state index >= 15 is 0 Å². The topological polar surface area (TPSA) is 0 Å². The van der Waals surface area contributed by atoms with Gasteiger partial charge in [-0.3, -0.25) is 0 Å². The summed E-state index contributed by atoms with van der Waals surface area (Å²) in [4.78, 5) is 0. The molecule has 0 N–H and O–H groups in total. The van der Waals surface area contributed by atoms with Gasteiger partial charge in [0.25, 0.3) is 0 Å². The van der Waals surface area contributed by atoms with Crippen LogP contribution in [0.5, 0.6) is 0 Å². The van der Waals surface area contributed by atoms with Gasteiger partial charge in [-0.15, -0.1) is 0 Å². The molecule has 0 bridgehead atoms. The number of hydrogen-bond donors (Lipinski definition) is 0. The minimum atomic E-state index is 0.131. The van der Waals surface area contributed by atoms with Gasteiger partial charge in [-0.1, -0.05) is 0 Å².